The van der Waals surface area contributed by atoms with E-state index >= 15 is 0 Å². The molecule has 0 N–H and O–H groups in total. The minimum Gasteiger partial charge on any atom is -0.349 e. The first-order chi connectivity index (χ1) is 16.3. The number of hydrogen-bond acceptors (Lipinski definition) is 5. The highest BCUT2D eigenvalue weighted by molar-refractivity contribution is 14.1. The molecule has 168 valence electrons. The van der Waals surface area contributed by atoms with Crippen LogP contribution in [-0.4, -0.2) is 29.0 Å². The molecule has 0 radical (unpaired) electrons. The zero-order chi connectivity index (χ0) is 23.8. The van der Waals surface area contributed by atoms with Crippen LogP contribution < -0.4 is 4.90 Å². The number of carbonyl (C=O) groups excluding carboxylic acids is 4. The maximum Gasteiger partial charge on any atom is 0.241 e. The Hall–Kier alpha value is -2.88. The monoisotopic (exact) mass is 583 g/mol. The highest BCUT2D eigenvalue weighted by atomic mass is 127. The summed E-state index contributed by atoms with van der Waals surface area (Å²) in [5.74, 6) is -4.57. The predicted molar refractivity (Wildman–Crippen MR) is 132 cm³/mol. The number of carbonyl (C=O) groups is 4. The third-order valence-electron chi connectivity index (χ3n) is 6.80. The number of anilines is 1. The first-order valence-corrected chi connectivity index (χ1v) is 12.1. The van der Waals surface area contributed by atoms with Crippen LogP contribution in [0.2, 0.25) is 5.02 Å². The first kappa shape index (κ1) is 21.6. The molecule has 3 atom stereocenters. The lowest BCUT2D eigenvalue weighted by Crippen LogP contribution is -2.51. The maximum atomic E-state index is 13.8. The number of rotatable bonds is 2. The van der Waals surface area contributed by atoms with E-state index in [1.54, 1.807) is 72.8 Å². The smallest absolute Gasteiger partial charge is 0.241 e. The van der Waals surface area contributed by atoms with Crippen molar-refractivity contribution in [1.82, 2.24) is 0 Å². The van der Waals surface area contributed by atoms with E-state index in [1.807, 2.05) is 0 Å². The number of ether oxygens (including phenoxy) is 1. The molecule has 0 bridgehead atoms. The van der Waals surface area contributed by atoms with E-state index in [9.17, 15) is 19.2 Å². The molecule has 0 aromatic heterocycles. The van der Waals surface area contributed by atoms with Gasteiger partial charge in [0.1, 0.15) is 0 Å². The van der Waals surface area contributed by atoms with Crippen LogP contribution in [0.1, 0.15) is 32.4 Å². The standard InChI is InChI=1S/C26H15ClINO5/c27-14-7-5-13(6-8-14)21-19-20(25(33)29(24(19)32)16-11-9-15(28)10-12-16)26(34-21)22(30)17-3-1-2-4-18(17)23(26)31/h1-12,19-21H/t19-,20-,21+/m1/s1. The third kappa shape index (κ3) is 2.77. The Morgan fingerprint density at radius 2 is 1.38 bits per heavy atom. The van der Waals surface area contributed by atoms with Gasteiger partial charge in [-0.3, -0.25) is 19.2 Å². The molecule has 3 aromatic carbocycles. The molecule has 3 aromatic rings. The van der Waals surface area contributed by atoms with Crippen molar-refractivity contribution < 1.29 is 23.9 Å². The molecule has 2 aliphatic heterocycles. The summed E-state index contributed by atoms with van der Waals surface area (Å²) in [6.45, 7) is 0. The summed E-state index contributed by atoms with van der Waals surface area (Å²) in [7, 11) is 0. The summed E-state index contributed by atoms with van der Waals surface area (Å²) in [4.78, 5) is 56.0. The molecule has 6 nitrogen and oxygen atoms in total. The number of benzene rings is 3. The van der Waals surface area contributed by atoms with E-state index in [0.29, 0.717) is 16.3 Å². The fourth-order valence-electron chi connectivity index (χ4n) is 5.32. The van der Waals surface area contributed by atoms with E-state index in [-0.39, 0.29) is 11.1 Å². The van der Waals surface area contributed by atoms with Crippen LogP contribution in [0, 0.1) is 15.4 Å². The molecule has 2 heterocycles. The number of hydrogen-bond donors (Lipinski definition) is 0. The van der Waals surface area contributed by atoms with Crippen molar-refractivity contribution >= 4 is 63.3 Å². The van der Waals surface area contributed by atoms with Crippen molar-refractivity contribution in [2.45, 2.75) is 11.7 Å². The normalized spacial score (nSPS) is 24.8. The van der Waals surface area contributed by atoms with Crippen LogP contribution in [0.15, 0.2) is 72.8 Å². The molecule has 2 amide bonds. The molecule has 0 unspecified atom stereocenters. The summed E-state index contributed by atoms with van der Waals surface area (Å²) in [6, 6.07) is 20.0. The topological polar surface area (TPSA) is 80.8 Å². The van der Waals surface area contributed by atoms with Crippen LogP contribution in [0.25, 0.3) is 0 Å². The molecule has 34 heavy (non-hydrogen) atoms. The van der Waals surface area contributed by atoms with Gasteiger partial charge in [-0.1, -0.05) is 48.0 Å². The van der Waals surface area contributed by atoms with Gasteiger partial charge in [0.15, 0.2) is 0 Å². The molecular formula is C26H15ClINO5. The number of amides is 2. The first-order valence-electron chi connectivity index (χ1n) is 10.6. The van der Waals surface area contributed by atoms with Crippen molar-refractivity contribution in [2.75, 3.05) is 4.90 Å². The number of fused-ring (bicyclic) bond motifs is 3. The molecule has 8 heteroatoms. The average Bonchev–Trinajstić information content (AvgIpc) is 3.40. The van der Waals surface area contributed by atoms with Crippen LogP contribution in [0.5, 0.6) is 0 Å². The minimum absolute atomic E-state index is 0.205. The highest BCUT2D eigenvalue weighted by Crippen LogP contribution is 2.57. The van der Waals surface area contributed by atoms with E-state index in [0.717, 1.165) is 8.47 Å². The molecule has 1 aliphatic carbocycles. The van der Waals surface area contributed by atoms with Crippen molar-refractivity contribution in [1.29, 1.82) is 0 Å². The van der Waals surface area contributed by atoms with E-state index in [4.69, 9.17) is 16.3 Å². The molecule has 2 fully saturated rings. The second-order valence-corrected chi connectivity index (χ2v) is 10.2. The number of halogens is 2. The lowest BCUT2D eigenvalue weighted by atomic mass is 9.77. The van der Waals surface area contributed by atoms with Gasteiger partial charge in [0, 0.05) is 19.7 Å². The van der Waals surface area contributed by atoms with Gasteiger partial charge < -0.3 is 4.74 Å². The zero-order valence-electron chi connectivity index (χ0n) is 17.4. The summed E-state index contributed by atoms with van der Waals surface area (Å²) in [5, 5.41) is 0.489. The predicted octanol–water partition coefficient (Wildman–Crippen LogP) is 4.64. The molecule has 6 rings (SSSR count). The van der Waals surface area contributed by atoms with Crippen LogP contribution in [0.4, 0.5) is 5.69 Å². The Labute approximate surface area is 213 Å². The van der Waals surface area contributed by atoms with E-state index < -0.39 is 46.9 Å². The van der Waals surface area contributed by atoms with Gasteiger partial charge in [-0.05, 0) is 64.6 Å². The summed E-state index contributed by atoms with van der Waals surface area (Å²) >= 11 is 8.18. The minimum atomic E-state index is -2.08. The second-order valence-electron chi connectivity index (χ2n) is 8.52. The van der Waals surface area contributed by atoms with Crippen molar-refractivity contribution in [3.8, 4) is 0 Å². The van der Waals surface area contributed by atoms with Crippen molar-refractivity contribution in [3.63, 3.8) is 0 Å². The molecule has 3 aliphatic rings. The van der Waals surface area contributed by atoms with E-state index in [2.05, 4.69) is 22.6 Å². The summed E-state index contributed by atoms with van der Waals surface area (Å²) < 4.78 is 7.18. The molecule has 0 saturated carbocycles. The maximum absolute atomic E-state index is 13.8. The van der Waals surface area contributed by atoms with Gasteiger partial charge in [-0.15, -0.1) is 0 Å². The van der Waals surface area contributed by atoms with Gasteiger partial charge in [0.2, 0.25) is 29.0 Å². The fraction of sp³-hybridized carbons (Fsp3) is 0.154. The Morgan fingerprint density at radius 1 is 0.794 bits per heavy atom. The Balaban J connectivity index is 1.54. The highest BCUT2D eigenvalue weighted by Gasteiger charge is 2.74. The number of Topliss-reactive ketones (excluding diaryl/α,β-unsaturated/α-hetero) is 2. The van der Waals surface area contributed by atoms with Gasteiger partial charge >= 0.3 is 0 Å². The Morgan fingerprint density at radius 3 is 1.97 bits per heavy atom. The summed E-state index contributed by atoms with van der Waals surface area (Å²) in [6.07, 6.45) is -0.963. The lowest BCUT2D eigenvalue weighted by molar-refractivity contribution is -0.127. The number of ketones is 2. The molecular weight excluding hydrogens is 569 g/mol. The Kier molecular flexibility index (Phi) is 4.81. The summed E-state index contributed by atoms with van der Waals surface area (Å²) in [5.41, 5.74) is -0.709. The van der Waals surface area contributed by atoms with Crippen molar-refractivity contribution in [3.05, 3.63) is 98.1 Å². The quantitative estimate of drug-likeness (QED) is 0.250. The van der Waals surface area contributed by atoms with Gasteiger partial charge in [0.05, 0.1) is 23.6 Å². The van der Waals surface area contributed by atoms with Crippen LogP contribution in [-0.2, 0) is 14.3 Å². The largest absolute Gasteiger partial charge is 0.349 e. The van der Waals surface area contributed by atoms with E-state index in [1.165, 1.54) is 0 Å². The lowest BCUT2D eigenvalue weighted by Gasteiger charge is -2.27. The van der Waals surface area contributed by atoms with Crippen LogP contribution >= 0.6 is 34.2 Å². The molecule has 2 saturated heterocycles. The number of nitrogens with zero attached hydrogens (tertiary/aromatic N) is 1. The SMILES string of the molecule is O=C1[C@H]2[C@H](c3ccc(Cl)cc3)OC3(C(=O)c4ccccc4C3=O)[C@H]2C(=O)N1c1ccc(I)cc1. The van der Waals surface area contributed by atoms with Gasteiger partial charge in [-0.2, -0.15) is 0 Å². The average molecular weight is 584 g/mol. The zero-order valence-corrected chi connectivity index (χ0v) is 20.3. The fourth-order valence-corrected chi connectivity index (χ4v) is 5.80. The van der Waals surface area contributed by atoms with Gasteiger partial charge in [-0.25, -0.2) is 4.90 Å². The second kappa shape index (κ2) is 7.56. The Bertz CT molecular complexity index is 1370. The third-order valence-corrected chi connectivity index (χ3v) is 7.77. The number of imide groups is 1. The molecule has 1 spiro atoms. The van der Waals surface area contributed by atoms with Gasteiger partial charge in [0.25, 0.3) is 0 Å². The van der Waals surface area contributed by atoms with Crippen molar-refractivity contribution in [2.24, 2.45) is 11.8 Å². The van der Waals surface area contributed by atoms with Crippen LogP contribution in [0.3, 0.4) is 0 Å².